The minimum Gasteiger partial charge on any atom is -0.365 e. The molecule has 24 nitrogen and oxygen atoms in total. The topological polar surface area (TPSA) is 276 Å². The van der Waals surface area contributed by atoms with Gasteiger partial charge in [-0.25, -0.2) is 66.2 Å². The number of likely N-dealkylation sites (tertiary alicyclic amines) is 4. The molecule has 33 heteroatoms. The van der Waals surface area contributed by atoms with Crippen LogP contribution in [0, 0.1) is 46.9 Å². The van der Waals surface area contributed by atoms with E-state index in [0.717, 1.165) is 75.0 Å². The lowest BCUT2D eigenvalue weighted by Gasteiger charge is -2.34. The number of carbonyl (C=O) groups excluding carboxylic acids is 4. The van der Waals surface area contributed by atoms with E-state index >= 15 is 0 Å². The van der Waals surface area contributed by atoms with Gasteiger partial charge in [-0.1, -0.05) is 46.9 Å². The summed E-state index contributed by atoms with van der Waals surface area (Å²) < 4.78 is 82.2. The molecule has 12 atom stereocenters. The van der Waals surface area contributed by atoms with Crippen molar-refractivity contribution in [3.05, 3.63) is 286 Å². The van der Waals surface area contributed by atoms with Gasteiger partial charge in [0, 0.05) is 128 Å². The fourth-order valence-electron chi connectivity index (χ4n) is 18.4. The third-order valence-electron chi connectivity index (χ3n) is 23.5. The zero-order chi connectivity index (χ0) is 83.5. The second-order valence-corrected chi connectivity index (χ2v) is 32.5. The lowest BCUT2D eigenvalue weighted by Crippen LogP contribution is -2.48. The number of benzene rings is 4. The second-order valence-electron chi connectivity index (χ2n) is 31.2. The van der Waals surface area contributed by atoms with Crippen molar-refractivity contribution in [3.63, 3.8) is 0 Å². The highest BCUT2D eigenvalue weighted by atomic mass is 35.5. The number of hydrogen-bond donors (Lipinski definition) is 4. The van der Waals surface area contributed by atoms with Gasteiger partial charge in [0.25, 0.3) is 30.1 Å². The lowest BCUT2D eigenvalue weighted by atomic mass is 9.99. The summed E-state index contributed by atoms with van der Waals surface area (Å²) in [6, 6.07) is 39.6. The Labute approximate surface area is 705 Å². The van der Waals surface area contributed by atoms with Crippen molar-refractivity contribution in [1.29, 1.82) is 0 Å². The number of aromatic nitrogens is 12. The van der Waals surface area contributed by atoms with E-state index in [1.54, 1.807) is 121 Å². The Morgan fingerprint density at radius 3 is 1.21 bits per heavy atom. The molecular weight excluding hydrogens is 1620 g/mol. The highest BCUT2D eigenvalue weighted by Gasteiger charge is 2.52. The van der Waals surface area contributed by atoms with Crippen molar-refractivity contribution < 1.29 is 45.5 Å². The summed E-state index contributed by atoms with van der Waals surface area (Å²) >= 11 is 17.8. The molecule has 4 N–H and O–H groups in total. The standard InChI is InChI=1S/C23H20ClFN4O.2C22H19ClFN5O.C21H19F3N6O/c24-15-7-8-21(27-12-15)28-19-10-14-11-20(19)29(13-14)23(30)16-4-3-5-17(25)22(16)18-6-1-2-9-26-18;23-14-2-5-20(27-11-14)28-18-8-13-9-19(18)29(12-13)22(30)16-4-3-15(24)10-17(16)21-25-6-1-7-26-21;23-14-2-5-20(27-11-14)28-18-8-13-9-19(18)29(12-13)22(30)17-10-15(24)3-4-16(17)21-25-6-1-7-26-21;22-14-2-3-17(30-26-5-6-27-30)15(9-14)21(31)29-11-12-7-16(18(29)8-12)28-19-4-1-13(10-25-19)20(23)24/h1-9,12,14,19-20H,10-11,13H2,(H,27,28);2*1-7,10-11,13,18-19H,8-9,12H2,(H,27,28);1-6,9-10,12,16,18,20H,7-8,11H2,(H,25,28). The highest BCUT2D eigenvalue weighted by molar-refractivity contribution is 6.31. The van der Waals surface area contributed by atoms with E-state index in [1.165, 1.54) is 83.9 Å². The maximum absolute atomic E-state index is 14.7. The zero-order valence-corrected chi connectivity index (χ0v) is 66.7. The van der Waals surface area contributed by atoms with Crippen LogP contribution in [0.5, 0.6) is 0 Å². The van der Waals surface area contributed by atoms with Gasteiger partial charge in [-0.05, 0) is 215 Å². The van der Waals surface area contributed by atoms with Gasteiger partial charge < -0.3 is 40.9 Å². The molecule has 0 radical (unpaired) electrons. The SMILES string of the molecule is O=C(c1cc(F)ccc1-c1ncccn1)N1CC2CC(Nc3ccc(Cl)cn3)C1C2.O=C(c1cc(F)ccc1-n1nccn1)N1CC2CC(Nc3ccc(C(F)F)cn3)C1C2.O=C(c1ccc(F)cc1-c1ncccn1)N1CC2CC(Nc3ccc(Cl)cn3)C1C2.O=C(c1cccc(F)c1-c1ccccn1)N1CC2CC(Nc3ccc(Cl)cn3)C1C2. The molecule has 4 saturated heterocycles. The fraction of sp³-hybridized carbons (Fsp3) is 0.284. The molecule has 12 unspecified atom stereocenters. The third-order valence-corrected chi connectivity index (χ3v) is 24.2. The van der Waals surface area contributed by atoms with E-state index in [9.17, 15) is 45.5 Å². The van der Waals surface area contributed by atoms with Crippen LogP contribution in [0.1, 0.15) is 105 Å². The van der Waals surface area contributed by atoms with Crippen LogP contribution in [-0.2, 0) is 0 Å². The maximum Gasteiger partial charge on any atom is 0.265 e. The molecule has 12 heterocycles. The molecule has 4 aliphatic heterocycles. The monoisotopic (exact) mass is 1700 g/mol. The van der Waals surface area contributed by atoms with E-state index in [1.807, 2.05) is 32.9 Å². The van der Waals surface area contributed by atoms with E-state index in [0.29, 0.717) is 116 Å². The number of rotatable bonds is 17. The van der Waals surface area contributed by atoms with Crippen LogP contribution in [0.15, 0.2) is 220 Å². The molecule has 12 aromatic rings. The van der Waals surface area contributed by atoms with Gasteiger partial charge in [-0.2, -0.15) is 15.0 Å². The van der Waals surface area contributed by atoms with Crippen LogP contribution in [0.4, 0.5) is 49.6 Å². The smallest absolute Gasteiger partial charge is 0.265 e. The number of halogens is 9. The van der Waals surface area contributed by atoms with E-state index < -0.39 is 29.7 Å². The molecular formula is C88H77Cl3F6N20O4. The average molecular weight is 1700 g/mol. The Balaban J connectivity index is 0.000000115. The van der Waals surface area contributed by atoms with Crippen molar-refractivity contribution in [3.8, 4) is 39.7 Å². The van der Waals surface area contributed by atoms with Gasteiger partial charge >= 0.3 is 0 Å². The second kappa shape index (κ2) is 35.4. The first kappa shape index (κ1) is 80.9. The number of nitrogens with zero attached hydrogens (tertiary/aromatic N) is 16. The van der Waals surface area contributed by atoms with Gasteiger partial charge in [0.15, 0.2) is 11.6 Å². The van der Waals surface area contributed by atoms with Crippen molar-refractivity contribution in [1.82, 2.24) is 79.4 Å². The minimum atomic E-state index is -2.57. The summed E-state index contributed by atoms with van der Waals surface area (Å²) in [6.45, 7) is 2.64. The van der Waals surface area contributed by atoms with Gasteiger partial charge in [0.05, 0.1) is 85.3 Å². The number of anilines is 4. The fourth-order valence-corrected chi connectivity index (χ4v) is 18.7. The molecule has 4 saturated carbocycles. The molecule has 121 heavy (non-hydrogen) atoms. The number of amides is 4. The third kappa shape index (κ3) is 17.8. The Hall–Kier alpha value is -12.5. The minimum absolute atomic E-state index is 0.0211. The van der Waals surface area contributed by atoms with Crippen LogP contribution in [0.2, 0.25) is 15.1 Å². The van der Waals surface area contributed by atoms with Crippen molar-refractivity contribution in [2.75, 3.05) is 47.4 Å². The average Bonchev–Trinajstić information content (AvgIpc) is 1.64. The molecule has 8 aromatic heterocycles. The summed E-state index contributed by atoms with van der Waals surface area (Å²) in [5, 5.41) is 23.5. The van der Waals surface area contributed by atoms with Gasteiger partial charge in [-0.3, -0.25) is 24.2 Å². The number of alkyl halides is 2. The van der Waals surface area contributed by atoms with Crippen LogP contribution >= 0.6 is 34.8 Å². The summed E-state index contributed by atoms with van der Waals surface area (Å²) in [4.78, 5) is 101. The molecule has 4 amide bonds. The van der Waals surface area contributed by atoms with Crippen molar-refractivity contribution in [2.24, 2.45) is 23.7 Å². The highest BCUT2D eigenvalue weighted by Crippen LogP contribution is 2.46. The zero-order valence-electron chi connectivity index (χ0n) is 64.5. The maximum atomic E-state index is 14.7. The van der Waals surface area contributed by atoms with E-state index in [-0.39, 0.29) is 94.2 Å². The molecule has 20 rings (SSSR count). The predicted octanol–water partition coefficient (Wildman–Crippen LogP) is 16.2. The Kier molecular flexibility index (Phi) is 23.7. The molecule has 0 spiro atoms. The largest absolute Gasteiger partial charge is 0.365 e. The van der Waals surface area contributed by atoms with Crippen LogP contribution in [-0.4, -0.2) is 178 Å². The van der Waals surface area contributed by atoms with E-state index in [2.05, 4.69) is 76.3 Å². The van der Waals surface area contributed by atoms with Gasteiger partial charge in [-0.15, -0.1) is 0 Å². The van der Waals surface area contributed by atoms with Crippen LogP contribution in [0.3, 0.4) is 0 Å². The van der Waals surface area contributed by atoms with Crippen LogP contribution < -0.4 is 21.3 Å². The van der Waals surface area contributed by atoms with Crippen molar-refractivity contribution >= 4 is 81.7 Å². The molecule has 8 fully saturated rings. The summed E-state index contributed by atoms with van der Waals surface area (Å²) in [7, 11) is 0. The van der Waals surface area contributed by atoms with Crippen LogP contribution in [0.25, 0.3) is 39.7 Å². The molecule has 4 aromatic carbocycles. The number of hydrogen-bond acceptors (Lipinski definition) is 19. The van der Waals surface area contributed by atoms with Crippen molar-refractivity contribution in [2.45, 2.75) is 106 Å². The Bertz CT molecular complexity index is 5640. The number of nitrogens with one attached hydrogen (secondary N) is 4. The molecule has 616 valence electrons. The first-order valence-corrected chi connectivity index (χ1v) is 40.8. The number of piperidine rings is 4. The number of carbonyl (C=O) groups is 4. The summed E-state index contributed by atoms with van der Waals surface area (Å²) in [6.07, 6.45) is 21.7. The lowest BCUT2D eigenvalue weighted by molar-refractivity contribution is 0.0684. The summed E-state index contributed by atoms with van der Waals surface area (Å²) in [5.74, 6) is 2.43. The first-order chi connectivity index (χ1) is 58.7. The molecule has 8 aliphatic rings. The number of pyridine rings is 5. The van der Waals surface area contributed by atoms with Gasteiger partial charge in [0.1, 0.15) is 46.5 Å². The molecule has 4 aliphatic carbocycles. The number of fused-ring (bicyclic) bond motifs is 8. The first-order valence-electron chi connectivity index (χ1n) is 39.6. The van der Waals surface area contributed by atoms with Gasteiger partial charge in [0.2, 0.25) is 0 Å². The summed E-state index contributed by atoms with van der Waals surface area (Å²) in [5.41, 5.74) is 3.19. The van der Waals surface area contributed by atoms with E-state index in [4.69, 9.17) is 34.8 Å². The normalized spacial score (nSPS) is 22.3. The predicted molar refractivity (Wildman–Crippen MR) is 443 cm³/mol. The molecule has 8 bridgehead atoms. The Morgan fingerprint density at radius 1 is 0.364 bits per heavy atom. The Morgan fingerprint density at radius 2 is 0.777 bits per heavy atom. The quantitative estimate of drug-likeness (QED) is 0.0617.